The molecule has 1 heterocycles. The molecule has 1 aromatic heterocycles. The molecular formula is C16H25BClCuN3O. The Morgan fingerprint density at radius 3 is 2.26 bits per heavy atom. The molecule has 131 valence electrons. The Morgan fingerprint density at radius 2 is 1.78 bits per heavy atom. The normalized spacial score (nSPS) is 13.6. The third-order valence-electron chi connectivity index (χ3n) is 4.03. The molecule has 0 aliphatic carbocycles. The van der Waals surface area contributed by atoms with Crippen LogP contribution < -0.4 is 0 Å². The van der Waals surface area contributed by atoms with Gasteiger partial charge in [-0.15, -0.1) is 0 Å². The van der Waals surface area contributed by atoms with Crippen molar-refractivity contribution in [3.8, 4) is 0 Å². The minimum atomic E-state index is -0.861. The Labute approximate surface area is 155 Å². The van der Waals surface area contributed by atoms with E-state index in [1.54, 1.807) is 11.0 Å². The molecule has 7 heteroatoms. The predicted octanol–water partition coefficient (Wildman–Crippen LogP) is 2.16. The molecule has 23 heavy (non-hydrogen) atoms. The number of benzene rings is 1. The van der Waals surface area contributed by atoms with Gasteiger partial charge in [0.2, 0.25) is 0 Å². The third kappa shape index (κ3) is 5.96. The fourth-order valence-corrected chi connectivity index (χ4v) is 2.40. The summed E-state index contributed by atoms with van der Waals surface area (Å²) in [5.41, 5.74) is 0.0479. The zero-order valence-electron chi connectivity index (χ0n) is 13.1. The second kappa shape index (κ2) is 8.88. The van der Waals surface area contributed by atoms with E-state index in [4.69, 9.17) is 11.6 Å². The number of aryl methyl sites for hydroxylation is 1. The minimum absolute atomic E-state index is 0. The molecule has 0 amide bonds. The predicted molar refractivity (Wildman–Crippen MR) is 94.1 cm³/mol. The second-order valence-corrected chi connectivity index (χ2v) is 6.94. The molecule has 1 aromatic carbocycles. The van der Waals surface area contributed by atoms with E-state index in [2.05, 4.69) is 10.1 Å². The van der Waals surface area contributed by atoms with Gasteiger partial charge in [0.25, 0.3) is 0 Å². The van der Waals surface area contributed by atoms with E-state index >= 15 is 0 Å². The molecule has 0 spiro atoms. The number of aliphatic hydroxyl groups is 1. The molecule has 1 unspecified atom stereocenters. The summed E-state index contributed by atoms with van der Waals surface area (Å²) in [5.74, 6) is 0. The molecule has 1 N–H and O–H groups in total. The summed E-state index contributed by atoms with van der Waals surface area (Å²) in [5, 5.41) is 16.0. The first-order valence-electron chi connectivity index (χ1n) is 7.09. The summed E-state index contributed by atoms with van der Waals surface area (Å²) in [6.45, 7) is 6.58. The zero-order valence-corrected chi connectivity index (χ0v) is 14.8. The van der Waals surface area contributed by atoms with E-state index in [0.717, 1.165) is 11.4 Å². The Balaban J connectivity index is 0.00000242. The van der Waals surface area contributed by atoms with E-state index < -0.39 is 5.60 Å². The van der Waals surface area contributed by atoms with E-state index in [9.17, 15) is 5.11 Å². The van der Waals surface area contributed by atoms with Gasteiger partial charge in [-0.1, -0.05) is 44.5 Å². The number of halogens is 1. The number of rotatable bonds is 5. The van der Waals surface area contributed by atoms with Crippen molar-refractivity contribution in [1.29, 1.82) is 0 Å². The number of aromatic nitrogens is 3. The number of nitrogens with zero attached hydrogens (tertiary/aromatic N) is 3. The van der Waals surface area contributed by atoms with E-state index in [0.29, 0.717) is 13.0 Å². The Hall–Kier alpha value is -0.806. The molecule has 4 nitrogen and oxygen atoms in total. The molecule has 0 saturated heterocycles. The van der Waals surface area contributed by atoms with Crippen LogP contribution in [0.1, 0.15) is 32.8 Å². The maximum Gasteiger partial charge on any atom is 0.137 e. The van der Waals surface area contributed by atoms with Gasteiger partial charge in [0, 0.05) is 22.1 Å². The number of hydrogen-bond acceptors (Lipinski definition) is 3. The number of hydrogen-bond donors (Lipinski definition) is 1. The van der Waals surface area contributed by atoms with Gasteiger partial charge in [0.05, 0.1) is 20.6 Å². The van der Waals surface area contributed by atoms with Crippen LogP contribution in [-0.4, -0.2) is 33.9 Å². The van der Waals surface area contributed by atoms with Gasteiger partial charge in [0.1, 0.15) is 12.7 Å². The Bertz CT molecular complexity index is 572. The van der Waals surface area contributed by atoms with E-state index in [1.807, 2.05) is 45.0 Å². The van der Waals surface area contributed by atoms with Crippen LogP contribution in [0.2, 0.25) is 5.02 Å². The van der Waals surface area contributed by atoms with Gasteiger partial charge in [-0.3, -0.25) is 4.68 Å². The van der Waals surface area contributed by atoms with Crippen LogP contribution in [0.3, 0.4) is 0 Å². The van der Waals surface area contributed by atoms with Crippen LogP contribution in [-0.2, 0) is 30.0 Å². The standard InChI is InChI=1S/C16H22ClN3O.BH3.Cu/c1-15(2,3)16(21,10-20-12-18-11-19-20)9-8-13-4-6-14(17)7-5-13;;/h4-7,11-12,21H,8-10H2,1-3H3;1H3;. The van der Waals surface area contributed by atoms with Gasteiger partial charge in [-0.05, 0) is 36.0 Å². The molecule has 0 saturated carbocycles. The smallest absolute Gasteiger partial charge is 0.137 e. The Morgan fingerprint density at radius 1 is 1.17 bits per heavy atom. The first kappa shape index (κ1) is 22.2. The maximum absolute atomic E-state index is 11.1. The van der Waals surface area contributed by atoms with Crippen molar-refractivity contribution in [1.82, 2.24) is 14.8 Å². The van der Waals surface area contributed by atoms with Crippen LogP contribution in [0, 0.1) is 5.41 Å². The monoisotopic (exact) mass is 384 g/mol. The van der Waals surface area contributed by atoms with Gasteiger partial charge in [-0.25, -0.2) is 4.98 Å². The van der Waals surface area contributed by atoms with Gasteiger partial charge < -0.3 is 5.11 Å². The topological polar surface area (TPSA) is 50.9 Å². The van der Waals surface area contributed by atoms with Gasteiger partial charge >= 0.3 is 0 Å². The molecule has 2 aromatic rings. The fourth-order valence-electron chi connectivity index (χ4n) is 2.28. The molecule has 1 atom stereocenters. The summed E-state index contributed by atoms with van der Waals surface area (Å²) in [6, 6.07) is 7.76. The van der Waals surface area contributed by atoms with Crippen molar-refractivity contribution in [2.45, 2.75) is 45.8 Å². The molecule has 0 fully saturated rings. The summed E-state index contributed by atoms with van der Waals surface area (Å²) in [7, 11) is 0. The van der Waals surface area contributed by atoms with E-state index in [-0.39, 0.29) is 30.9 Å². The van der Waals surface area contributed by atoms with Crippen molar-refractivity contribution in [3.05, 3.63) is 47.5 Å². The van der Waals surface area contributed by atoms with Crippen LogP contribution in [0.5, 0.6) is 0 Å². The van der Waals surface area contributed by atoms with Crippen molar-refractivity contribution in [3.63, 3.8) is 0 Å². The average Bonchev–Trinajstić information content (AvgIpc) is 2.89. The summed E-state index contributed by atoms with van der Waals surface area (Å²) < 4.78 is 1.69. The zero-order chi connectivity index (χ0) is 15.5. The quantitative estimate of drug-likeness (QED) is 0.803. The SMILES string of the molecule is B.CC(C)(C)C(O)(CCc1ccc(Cl)cc1)Cn1cncn1.[Cu]. The van der Waals surface area contributed by atoms with Crippen LogP contribution >= 0.6 is 11.6 Å². The third-order valence-corrected chi connectivity index (χ3v) is 4.28. The molecule has 0 aliphatic heterocycles. The van der Waals surface area contributed by atoms with Crippen LogP contribution in [0.25, 0.3) is 0 Å². The van der Waals surface area contributed by atoms with Crippen molar-refractivity contribution >= 4 is 20.0 Å². The Kier molecular flexibility index (Phi) is 8.57. The van der Waals surface area contributed by atoms with Crippen molar-refractivity contribution in [2.75, 3.05) is 0 Å². The average molecular weight is 385 g/mol. The molecule has 0 aliphatic rings. The molecule has 1 radical (unpaired) electrons. The van der Waals surface area contributed by atoms with Crippen molar-refractivity contribution < 1.29 is 22.2 Å². The summed E-state index contributed by atoms with van der Waals surface area (Å²) in [6.07, 6.45) is 4.57. The maximum atomic E-state index is 11.1. The van der Waals surface area contributed by atoms with Gasteiger partial charge in [0.15, 0.2) is 0 Å². The van der Waals surface area contributed by atoms with Crippen LogP contribution in [0.4, 0.5) is 0 Å². The van der Waals surface area contributed by atoms with E-state index in [1.165, 1.54) is 11.9 Å². The first-order valence-corrected chi connectivity index (χ1v) is 7.47. The summed E-state index contributed by atoms with van der Waals surface area (Å²) in [4.78, 5) is 3.94. The molecule has 2 rings (SSSR count). The molecular weight excluding hydrogens is 360 g/mol. The summed E-state index contributed by atoms with van der Waals surface area (Å²) >= 11 is 5.90. The van der Waals surface area contributed by atoms with Crippen molar-refractivity contribution in [2.24, 2.45) is 5.41 Å². The molecule has 0 bridgehead atoms. The second-order valence-electron chi connectivity index (χ2n) is 6.50. The first-order chi connectivity index (χ1) is 9.80. The largest absolute Gasteiger partial charge is 0.387 e. The van der Waals surface area contributed by atoms with Crippen LogP contribution in [0.15, 0.2) is 36.9 Å². The fraction of sp³-hybridized carbons (Fsp3) is 0.500. The minimum Gasteiger partial charge on any atom is -0.387 e. The van der Waals surface area contributed by atoms with Gasteiger partial charge in [-0.2, -0.15) is 5.10 Å².